The summed E-state index contributed by atoms with van der Waals surface area (Å²) < 4.78 is 0. The molecule has 0 amide bonds. The third-order valence-electron chi connectivity index (χ3n) is 3.29. The van der Waals surface area contributed by atoms with Crippen molar-refractivity contribution in [2.75, 3.05) is 18.0 Å². The summed E-state index contributed by atoms with van der Waals surface area (Å²) in [5.41, 5.74) is 0.947. The van der Waals surface area contributed by atoms with E-state index < -0.39 is 5.97 Å². The number of aromatic carboxylic acids is 1. The summed E-state index contributed by atoms with van der Waals surface area (Å²) in [4.78, 5) is 17.7. The van der Waals surface area contributed by atoms with Crippen molar-refractivity contribution in [1.29, 1.82) is 0 Å². The van der Waals surface area contributed by atoms with Crippen LogP contribution in [-0.4, -0.2) is 29.1 Å². The molecular weight excluding hydrogens is 252 g/mol. The van der Waals surface area contributed by atoms with Gasteiger partial charge in [0.05, 0.1) is 0 Å². The second-order valence-corrected chi connectivity index (χ2v) is 5.05. The molecule has 4 nitrogen and oxygen atoms in total. The van der Waals surface area contributed by atoms with Crippen molar-refractivity contribution in [3.8, 4) is 0 Å². The van der Waals surface area contributed by atoms with Gasteiger partial charge in [0.1, 0.15) is 16.5 Å². The minimum atomic E-state index is -0.934. The second-order valence-electron chi connectivity index (χ2n) is 4.67. The molecule has 0 unspecified atom stereocenters. The maximum atomic E-state index is 11.4. The first-order valence-corrected chi connectivity index (χ1v) is 6.63. The number of carbonyl (C=O) groups is 1. The topological polar surface area (TPSA) is 53.4 Å². The van der Waals surface area contributed by atoms with Gasteiger partial charge in [-0.15, -0.1) is 0 Å². The number of nitrogens with zero attached hydrogens (tertiary/aromatic N) is 2. The molecule has 1 aromatic heterocycles. The number of rotatable bonds is 2. The first-order chi connectivity index (χ1) is 8.59. The van der Waals surface area contributed by atoms with E-state index in [1.165, 1.54) is 12.8 Å². The average molecular weight is 269 g/mol. The zero-order valence-electron chi connectivity index (χ0n) is 10.4. The highest BCUT2D eigenvalue weighted by Gasteiger charge is 2.21. The quantitative estimate of drug-likeness (QED) is 0.838. The number of anilines is 1. The van der Waals surface area contributed by atoms with Gasteiger partial charge in [-0.2, -0.15) is 0 Å². The summed E-state index contributed by atoms with van der Waals surface area (Å²) in [6.07, 6.45) is 4.54. The van der Waals surface area contributed by atoms with Crippen LogP contribution in [0.15, 0.2) is 6.07 Å². The van der Waals surface area contributed by atoms with Crippen molar-refractivity contribution in [3.05, 3.63) is 22.3 Å². The van der Waals surface area contributed by atoms with Crippen LogP contribution in [-0.2, 0) is 0 Å². The highest BCUT2D eigenvalue weighted by molar-refractivity contribution is 6.29. The Kier molecular flexibility index (Phi) is 4.07. The summed E-state index contributed by atoms with van der Waals surface area (Å²) in [6.45, 7) is 3.47. The molecule has 0 aliphatic carbocycles. The molecule has 0 spiro atoms. The number of carboxylic acids is 1. The van der Waals surface area contributed by atoms with Crippen LogP contribution in [0.5, 0.6) is 0 Å². The van der Waals surface area contributed by atoms with Crippen molar-refractivity contribution in [2.45, 2.75) is 32.6 Å². The van der Waals surface area contributed by atoms with E-state index in [0.717, 1.165) is 25.9 Å². The smallest absolute Gasteiger partial charge is 0.339 e. The molecule has 1 aliphatic rings. The Hall–Kier alpha value is -1.29. The molecule has 5 heteroatoms. The van der Waals surface area contributed by atoms with Gasteiger partial charge in [0.15, 0.2) is 0 Å². The SMILES string of the molecule is Cc1cc(Cl)nc(N2CCCCCC2)c1C(=O)O. The molecule has 1 fully saturated rings. The summed E-state index contributed by atoms with van der Waals surface area (Å²) in [7, 11) is 0. The third kappa shape index (κ3) is 2.75. The summed E-state index contributed by atoms with van der Waals surface area (Å²) in [5, 5.41) is 9.69. The van der Waals surface area contributed by atoms with E-state index in [1.807, 2.05) is 0 Å². The van der Waals surface area contributed by atoms with Gasteiger partial charge in [0.25, 0.3) is 0 Å². The molecule has 0 atom stereocenters. The molecule has 0 bridgehead atoms. The summed E-state index contributed by atoms with van der Waals surface area (Å²) in [6, 6.07) is 1.60. The maximum absolute atomic E-state index is 11.4. The molecule has 1 aromatic rings. The highest BCUT2D eigenvalue weighted by atomic mass is 35.5. The molecule has 0 saturated carbocycles. The minimum Gasteiger partial charge on any atom is -0.478 e. The van der Waals surface area contributed by atoms with Crippen molar-refractivity contribution >= 4 is 23.4 Å². The maximum Gasteiger partial charge on any atom is 0.339 e. The van der Waals surface area contributed by atoms with Gasteiger partial charge in [-0.3, -0.25) is 0 Å². The predicted octanol–water partition coefficient (Wildman–Crippen LogP) is 3.12. The van der Waals surface area contributed by atoms with E-state index in [4.69, 9.17) is 11.6 Å². The fraction of sp³-hybridized carbons (Fsp3) is 0.538. The largest absolute Gasteiger partial charge is 0.478 e. The number of carboxylic acid groups (broad SMARTS) is 1. The lowest BCUT2D eigenvalue weighted by atomic mass is 10.1. The molecule has 0 aromatic carbocycles. The monoisotopic (exact) mass is 268 g/mol. The van der Waals surface area contributed by atoms with Gasteiger partial charge in [0, 0.05) is 13.1 Å². The zero-order valence-corrected chi connectivity index (χ0v) is 11.2. The van der Waals surface area contributed by atoms with E-state index in [-0.39, 0.29) is 5.56 Å². The van der Waals surface area contributed by atoms with Gasteiger partial charge in [-0.1, -0.05) is 24.4 Å². The zero-order chi connectivity index (χ0) is 13.1. The first kappa shape index (κ1) is 13.1. The van der Waals surface area contributed by atoms with Crippen LogP contribution in [0.25, 0.3) is 0 Å². The molecule has 98 valence electrons. The number of hydrogen-bond acceptors (Lipinski definition) is 3. The second kappa shape index (κ2) is 5.57. The number of aromatic nitrogens is 1. The van der Waals surface area contributed by atoms with E-state index in [9.17, 15) is 9.90 Å². The Morgan fingerprint density at radius 2 is 1.94 bits per heavy atom. The molecule has 2 rings (SSSR count). The van der Waals surface area contributed by atoms with Crippen LogP contribution in [0.4, 0.5) is 5.82 Å². The lowest BCUT2D eigenvalue weighted by Crippen LogP contribution is -2.27. The Labute approximate surface area is 112 Å². The van der Waals surface area contributed by atoms with Gasteiger partial charge in [-0.25, -0.2) is 9.78 Å². The Morgan fingerprint density at radius 3 is 2.50 bits per heavy atom. The molecule has 0 radical (unpaired) electrons. The van der Waals surface area contributed by atoms with Gasteiger partial charge >= 0.3 is 5.97 Å². The number of hydrogen-bond donors (Lipinski definition) is 1. The van der Waals surface area contributed by atoms with Crippen LogP contribution >= 0.6 is 11.6 Å². The Balaban J connectivity index is 2.43. The molecular formula is C13H17ClN2O2. The van der Waals surface area contributed by atoms with Crippen LogP contribution < -0.4 is 4.90 Å². The van der Waals surface area contributed by atoms with Crippen LogP contribution in [0.2, 0.25) is 5.15 Å². The number of aryl methyl sites for hydroxylation is 1. The van der Waals surface area contributed by atoms with Gasteiger partial charge < -0.3 is 10.0 Å². The van der Waals surface area contributed by atoms with Crippen LogP contribution in [0, 0.1) is 6.92 Å². The number of pyridine rings is 1. The molecule has 1 saturated heterocycles. The van der Waals surface area contributed by atoms with Crippen molar-refractivity contribution < 1.29 is 9.90 Å². The van der Waals surface area contributed by atoms with Crippen molar-refractivity contribution in [3.63, 3.8) is 0 Å². The van der Waals surface area contributed by atoms with E-state index in [2.05, 4.69) is 9.88 Å². The van der Waals surface area contributed by atoms with Gasteiger partial charge in [-0.05, 0) is 31.4 Å². The summed E-state index contributed by atoms with van der Waals surface area (Å²) >= 11 is 5.96. The Morgan fingerprint density at radius 1 is 1.33 bits per heavy atom. The van der Waals surface area contributed by atoms with E-state index >= 15 is 0 Å². The average Bonchev–Trinajstić information content (AvgIpc) is 2.55. The molecule has 1 aliphatic heterocycles. The molecule has 18 heavy (non-hydrogen) atoms. The van der Waals surface area contributed by atoms with Crippen LogP contribution in [0.3, 0.4) is 0 Å². The van der Waals surface area contributed by atoms with Gasteiger partial charge in [0.2, 0.25) is 0 Å². The fourth-order valence-corrected chi connectivity index (χ4v) is 2.64. The normalized spacial score (nSPS) is 16.4. The predicted molar refractivity (Wildman–Crippen MR) is 71.6 cm³/mol. The fourth-order valence-electron chi connectivity index (χ4n) is 2.39. The lowest BCUT2D eigenvalue weighted by molar-refractivity contribution is 0.0696. The van der Waals surface area contributed by atoms with E-state index in [1.54, 1.807) is 13.0 Å². The Bertz CT molecular complexity index is 455. The lowest BCUT2D eigenvalue weighted by Gasteiger charge is -2.24. The van der Waals surface area contributed by atoms with Crippen molar-refractivity contribution in [1.82, 2.24) is 4.98 Å². The summed E-state index contributed by atoms with van der Waals surface area (Å²) in [5.74, 6) is -0.412. The minimum absolute atomic E-state index is 0.279. The molecule has 2 heterocycles. The van der Waals surface area contributed by atoms with Crippen molar-refractivity contribution in [2.24, 2.45) is 0 Å². The number of halogens is 1. The first-order valence-electron chi connectivity index (χ1n) is 6.25. The van der Waals surface area contributed by atoms with Crippen LogP contribution in [0.1, 0.15) is 41.6 Å². The third-order valence-corrected chi connectivity index (χ3v) is 3.48. The standard InChI is InChI=1S/C13H17ClN2O2/c1-9-8-10(14)15-12(11(9)13(17)18)16-6-4-2-3-5-7-16/h8H,2-7H2,1H3,(H,17,18). The highest BCUT2D eigenvalue weighted by Crippen LogP contribution is 2.26. The molecule has 1 N–H and O–H groups in total. The van der Waals surface area contributed by atoms with E-state index in [0.29, 0.717) is 16.5 Å².